The quantitative estimate of drug-likeness (QED) is 0.181. The molecule has 38 heavy (non-hydrogen) atoms. The van der Waals surface area contributed by atoms with Gasteiger partial charge in [-0.25, -0.2) is 4.98 Å². The highest BCUT2D eigenvalue weighted by Gasteiger charge is 2.15. The third kappa shape index (κ3) is 5.29. The number of carbonyl (C=O) groups is 1. The van der Waals surface area contributed by atoms with Crippen LogP contribution in [-0.2, 0) is 22.4 Å². The van der Waals surface area contributed by atoms with Crippen LogP contribution in [-0.4, -0.2) is 29.6 Å². The van der Waals surface area contributed by atoms with Crippen molar-refractivity contribution in [1.29, 1.82) is 0 Å². The van der Waals surface area contributed by atoms with E-state index in [0.717, 1.165) is 16.8 Å². The van der Waals surface area contributed by atoms with E-state index in [2.05, 4.69) is 27.1 Å². The Morgan fingerprint density at radius 2 is 1.84 bits per heavy atom. The summed E-state index contributed by atoms with van der Waals surface area (Å²) in [5.74, 6) is 4.68. The molecule has 0 aliphatic rings. The van der Waals surface area contributed by atoms with Gasteiger partial charge in [0.2, 0.25) is 0 Å². The number of rotatable bonds is 5. The van der Waals surface area contributed by atoms with Crippen LogP contribution >= 0.6 is 0 Å². The first-order valence-electron chi connectivity index (χ1n) is 11.0. The van der Waals surface area contributed by atoms with Crippen LogP contribution in [0.4, 0.5) is 5.82 Å². The Morgan fingerprint density at radius 1 is 1.08 bits per heavy atom. The van der Waals surface area contributed by atoms with E-state index in [4.69, 9.17) is 10.7 Å². The second-order valence-corrected chi connectivity index (χ2v) is 8.96. The van der Waals surface area contributed by atoms with E-state index in [1.807, 2.05) is 36.4 Å². The zero-order valence-corrected chi connectivity index (χ0v) is 20.0. The van der Waals surface area contributed by atoms with E-state index < -0.39 is 17.0 Å². The minimum Gasteiger partial charge on any atom is -0.768 e. The molecule has 10 heteroatoms. The Labute approximate surface area is 220 Å². The summed E-state index contributed by atoms with van der Waals surface area (Å²) in [6.45, 7) is 0.384. The van der Waals surface area contributed by atoms with Gasteiger partial charge in [0, 0.05) is 34.0 Å². The van der Waals surface area contributed by atoms with Crippen molar-refractivity contribution in [3.8, 4) is 23.0 Å². The number of aromatic nitrogens is 3. The molecule has 2 aromatic carbocycles. The van der Waals surface area contributed by atoms with Crippen LogP contribution in [0.5, 0.6) is 0 Å². The van der Waals surface area contributed by atoms with Gasteiger partial charge in [-0.3, -0.25) is 18.8 Å². The van der Waals surface area contributed by atoms with E-state index in [9.17, 15) is 18.4 Å². The lowest BCUT2D eigenvalue weighted by atomic mass is 9.98. The Bertz CT molecular complexity index is 1810. The number of nitrogens with one attached hydrogen (secondary N) is 2. The maximum atomic E-state index is 13.0. The molecule has 190 valence electrons. The molecule has 0 aliphatic heterocycles. The number of benzene rings is 2. The fraction of sp³-hybridized carbons (Fsp3) is 0.0714. The number of amides is 1. The van der Waals surface area contributed by atoms with E-state index in [1.165, 1.54) is 18.3 Å². The first-order chi connectivity index (χ1) is 17.9. The van der Waals surface area contributed by atoms with Crippen LogP contribution in [0, 0.1) is 11.8 Å². The van der Waals surface area contributed by atoms with Gasteiger partial charge in [0.1, 0.15) is 5.82 Å². The number of hydrogen-bond acceptors (Lipinski definition) is 7. The van der Waals surface area contributed by atoms with Crippen LogP contribution in [0.15, 0.2) is 82.7 Å². The van der Waals surface area contributed by atoms with Crippen LogP contribution < -0.4 is 16.6 Å². The van der Waals surface area contributed by atoms with Crippen LogP contribution in [0.3, 0.4) is 0 Å². The molecule has 0 saturated heterocycles. The fourth-order valence-corrected chi connectivity index (χ4v) is 4.35. The summed E-state index contributed by atoms with van der Waals surface area (Å²) in [5, 5.41) is 4.89. The van der Waals surface area contributed by atoms with Gasteiger partial charge >= 0.3 is 0 Å². The summed E-state index contributed by atoms with van der Waals surface area (Å²) < 4.78 is 22.5. The molecule has 0 fully saturated rings. The van der Waals surface area contributed by atoms with E-state index in [1.54, 1.807) is 18.3 Å². The average Bonchev–Trinajstić information content (AvgIpc) is 2.91. The predicted molar refractivity (Wildman–Crippen MR) is 147 cm³/mol. The lowest BCUT2D eigenvalue weighted by Gasteiger charge is -2.14. The zero-order valence-electron chi connectivity index (χ0n) is 19.1. The molecule has 0 aliphatic carbocycles. The van der Waals surface area contributed by atoms with Crippen molar-refractivity contribution in [2.45, 2.75) is 18.9 Å². The summed E-state index contributed by atoms with van der Waals surface area (Å²) >= 11 is -2.33. The van der Waals surface area contributed by atoms with Gasteiger partial charge in [-0.2, -0.15) is 0 Å². The van der Waals surface area contributed by atoms with E-state index in [0.29, 0.717) is 39.6 Å². The molecule has 0 spiro atoms. The molecule has 1 amide bonds. The second-order valence-electron chi connectivity index (χ2n) is 8.02. The molecule has 0 radical (unpaired) electrons. The maximum absolute atomic E-state index is 13.0. The minimum atomic E-state index is -2.33. The van der Waals surface area contributed by atoms with Gasteiger partial charge in [-0.05, 0) is 52.5 Å². The van der Waals surface area contributed by atoms with E-state index in [-0.39, 0.29) is 17.9 Å². The highest BCUT2D eigenvalue weighted by molar-refractivity contribution is 7.79. The third-order valence-electron chi connectivity index (χ3n) is 5.70. The monoisotopic (exact) mass is 524 g/mol. The summed E-state index contributed by atoms with van der Waals surface area (Å²) in [7, 11) is 0. The molecule has 1 atom stereocenters. The summed E-state index contributed by atoms with van der Waals surface area (Å²) in [6, 6.07) is 17.6. The molecule has 0 bridgehead atoms. The lowest BCUT2D eigenvalue weighted by molar-refractivity contribution is -0.112. The van der Waals surface area contributed by atoms with Crippen molar-refractivity contribution in [1.82, 2.24) is 15.0 Å². The van der Waals surface area contributed by atoms with Gasteiger partial charge in [-0.15, -0.1) is 0 Å². The normalized spacial score (nSPS) is 11.3. The molecule has 9 nitrogen and oxygen atoms in total. The van der Waals surface area contributed by atoms with Gasteiger partial charge in [0.15, 0.2) is 0 Å². The average molecular weight is 525 g/mol. The number of anilines is 1. The molecule has 5 rings (SSSR count). The number of carbonyl (C=O) groups excluding carboxylic acids is 1. The van der Waals surface area contributed by atoms with Crippen molar-refractivity contribution >= 4 is 44.5 Å². The van der Waals surface area contributed by atoms with Crippen molar-refractivity contribution in [2.24, 2.45) is 5.73 Å². The molecule has 4 N–H and O–H groups in total. The van der Waals surface area contributed by atoms with Crippen LogP contribution in [0.2, 0.25) is 0 Å². The van der Waals surface area contributed by atoms with Crippen molar-refractivity contribution in [3.05, 3.63) is 94.7 Å². The van der Waals surface area contributed by atoms with Gasteiger partial charge in [0.25, 0.3) is 11.5 Å². The number of H-pyrrole nitrogens is 1. The number of nitrogens with two attached hydrogens (primary N) is 1. The second kappa shape index (κ2) is 11.0. The summed E-state index contributed by atoms with van der Waals surface area (Å²) in [4.78, 5) is 36.2. The molecule has 5 aromatic rings. The number of aromatic amines is 1. The Morgan fingerprint density at radius 3 is 2.53 bits per heavy atom. The topological polar surface area (TPSA) is 154 Å². The van der Waals surface area contributed by atoms with Crippen LogP contribution in [0.25, 0.3) is 32.8 Å². The van der Waals surface area contributed by atoms with Gasteiger partial charge in [0.05, 0.1) is 28.7 Å². The van der Waals surface area contributed by atoms with Gasteiger partial charge < -0.3 is 20.6 Å². The standard InChI is InChI=1S/C27H19N5O4S.CH4/c28-23(33)11-7-18-14-31-27(34)24-22-13-17(16-4-8-20(9-5-16)37(35)36)6-10-21(22)26(32-25(18)24)30-15-19-3-1-2-12-29-19;/h1-6,8-10,12-14H,15H2,(H2,28,33)(H,30,32)(H,31,34)(H,35,36);1H4/p-1. The summed E-state index contributed by atoms with van der Waals surface area (Å²) in [6.07, 6.45) is 3.09. The predicted octanol–water partition coefficient (Wildman–Crippen LogP) is 3.46. The Hall–Kier alpha value is -4.85. The largest absolute Gasteiger partial charge is 0.768 e. The van der Waals surface area contributed by atoms with Crippen molar-refractivity contribution < 1.29 is 13.6 Å². The van der Waals surface area contributed by atoms with Crippen molar-refractivity contribution in [3.63, 3.8) is 0 Å². The lowest BCUT2D eigenvalue weighted by Crippen LogP contribution is -2.11. The number of nitrogens with zero attached hydrogens (tertiary/aromatic N) is 2. The zero-order chi connectivity index (χ0) is 25.9. The van der Waals surface area contributed by atoms with Crippen molar-refractivity contribution in [2.75, 3.05) is 5.32 Å². The molecular weight excluding hydrogens is 502 g/mol. The number of fused-ring (bicyclic) bond motifs is 3. The summed E-state index contributed by atoms with van der Waals surface area (Å²) in [5.41, 5.74) is 7.80. The number of pyridine rings is 3. The first-order valence-corrected chi connectivity index (χ1v) is 12.1. The maximum Gasteiger partial charge on any atom is 0.293 e. The van der Waals surface area contributed by atoms with E-state index >= 15 is 0 Å². The highest BCUT2D eigenvalue weighted by atomic mass is 32.2. The molecule has 3 aromatic heterocycles. The highest BCUT2D eigenvalue weighted by Crippen LogP contribution is 2.33. The molecule has 0 saturated carbocycles. The molecular formula is C28H22N5O4S-. The Balaban J connectivity index is 0.00000336. The van der Waals surface area contributed by atoms with Crippen LogP contribution in [0.1, 0.15) is 18.7 Å². The minimum absolute atomic E-state index is 0. The number of primary amides is 1. The third-order valence-corrected chi connectivity index (χ3v) is 6.35. The van der Waals surface area contributed by atoms with Gasteiger partial charge in [-0.1, -0.05) is 43.7 Å². The molecule has 1 unspecified atom stereocenters. The SMILES string of the molecule is C.NC(=O)C#Cc1c[nH]c(=O)c2c1nc(NCc1ccccn1)c1ccc(-c3ccc(S(=O)[O-])cc3)cc12. The number of hydrogen-bond donors (Lipinski definition) is 3. The molecule has 3 heterocycles. The smallest absolute Gasteiger partial charge is 0.293 e. The first kappa shape index (κ1) is 26.2. The Kier molecular flexibility index (Phi) is 7.62. The fourth-order valence-electron chi connectivity index (χ4n) is 3.99.